The number of para-hydroxylation sites is 1. The summed E-state index contributed by atoms with van der Waals surface area (Å²) in [6, 6.07) is 26.9. The van der Waals surface area contributed by atoms with Crippen LogP contribution in [0, 0.1) is 0 Å². The maximum atomic E-state index is 12.8. The number of nitrogens with one attached hydrogen (secondary N) is 1. The zero-order valence-electron chi connectivity index (χ0n) is 18.6. The van der Waals surface area contributed by atoms with E-state index in [0.717, 1.165) is 39.7 Å². The summed E-state index contributed by atoms with van der Waals surface area (Å²) in [6.45, 7) is 1.24. The van der Waals surface area contributed by atoms with E-state index in [1.807, 2.05) is 54.5 Å². The highest BCUT2D eigenvalue weighted by Gasteiger charge is 2.11. The molecule has 2 aromatic heterocycles. The smallest absolute Gasteiger partial charge is 0.224 e. The Labute approximate surface area is 193 Å². The van der Waals surface area contributed by atoms with Crippen LogP contribution in [0.15, 0.2) is 97.5 Å². The molecule has 0 atom stereocenters. The topological polar surface area (TPSA) is 51.9 Å². The number of hydrogen-bond donors (Lipinski definition) is 1. The van der Waals surface area contributed by atoms with Crippen molar-refractivity contribution in [2.45, 2.75) is 19.5 Å². The lowest BCUT2D eigenvalue weighted by Crippen LogP contribution is -2.24. The summed E-state index contributed by atoms with van der Waals surface area (Å²) < 4.78 is 3.98. The Balaban J connectivity index is 1.27. The zero-order valence-corrected chi connectivity index (χ0v) is 18.6. The molecule has 0 saturated heterocycles. The van der Waals surface area contributed by atoms with Gasteiger partial charge in [-0.15, -0.1) is 0 Å². The van der Waals surface area contributed by atoms with Gasteiger partial charge in [0.2, 0.25) is 5.91 Å². The summed E-state index contributed by atoms with van der Waals surface area (Å²) in [6.07, 6.45) is 6.16. The van der Waals surface area contributed by atoms with Gasteiger partial charge in [0.1, 0.15) is 0 Å². The molecule has 5 heteroatoms. The van der Waals surface area contributed by atoms with Gasteiger partial charge in [0.05, 0.1) is 13.0 Å². The van der Waals surface area contributed by atoms with Gasteiger partial charge in [-0.1, -0.05) is 66.7 Å². The highest BCUT2D eigenvalue weighted by Crippen LogP contribution is 2.25. The van der Waals surface area contributed by atoms with Gasteiger partial charge in [-0.2, -0.15) is 5.10 Å². The Morgan fingerprint density at radius 2 is 1.70 bits per heavy atom. The van der Waals surface area contributed by atoms with Gasteiger partial charge in [0, 0.05) is 43.1 Å². The number of amides is 1. The molecule has 0 spiro atoms. The number of fused-ring (bicyclic) bond motifs is 1. The van der Waals surface area contributed by atoms with E-state index < -0.39 is 0 Å². The van der Waals surface area contributed by atoms with Crippen molar-refractivity contribution < 1.29 is 4.79 Å². The predicted molar refractivity (Wildman–Crippen MR) is 132 cm³/mol. The average molecular weight is 435 g/mol. The van der Waals surface area contributed by atoms with Crippen LogP contribution < -0.4 is 5.32 Å². The molecule has 0 fully saturated rings. The Morgan fingerprint density at radius 3 is 2.52 bits per heavy atom. The van der Waals surface area contributed by atoms with Crippen LogP contribution >= 0.6 is 0 Å². The van der Waals surface area contributed by atoms with E-state index in [9.17, 15) is 4.79 Å². The number of rotatable bonds is 7. The average Bonchev–Trinajstić information content (AvgIpc) is 3.47. The third-order valence-corrected chi connectivity index (χ3v) is 5.99. The van der Waals surface area contributed by atoms with Crippen molar-refractivity contribution in [1.82, 2.24) is 19.7 Å². The van der Waals surface area contributed by atoms with E-state index in [0.29, 0.717) is 13.0 Å². The third kappa shape index (κ3) is 4.58. The summed E-state index contributed by atoms with van der Waals surface area (Å²) in [5.74, 6) is 0.0238. The van der Waals surface area contributed by atoms with Gasteiger partial charge in [-0.05, 0) is 39.9 Å². The van der Waals surface area contributed by atoms with Gasteiger partial charge in [0.25, 0.3) is 0 Å². The SMILES string of the molecule is Cn1cc(CC(=O)NCc2ccccc2-c2ccc(Cn3cccn3)cc2)c2ccccc21. The molecular weight excluding hydrogens is 408 g/mol. The molecule has 33 heavy (non-hydrogen) atoms. The highest BCUT2D eigenvalue weighted by molar-refractivity contribution is 5.89. The first-order chi connectivity index (χ1) is 16.2. The van der Waals surface area contributed by atoms with Crippen LogP contribution in [0.5, 0.6) is 0 Å². The van der Waals surface area contributed by atoms with Crippen molar-refractivity contribution in [2.75, 3.05) is 0 Å². The number of carbonyl (C=O) groups is 1. The maximum absolute atomic E-state index is 12.8. The first-order valence-corrected chi connectivity index (χ1v) is 11.1. The van der Waals surface area contributed by atoms with Crippen molar-refractivity contribution >= 4 is 16.8 Å². The molecule has 0 bridgehead atoms. The van der Waals surface area contributed by atoms with Gasteiger partial charge in [-0.25, -0.2) is 0 Å². The van der Waals surface area contributed by atoms with Crippen molar-refractivity contribution in [3.05, 3.63) is 114 Å². The van der Waals surface area contributed by atoms with Crippen LogP contribution in [0.4, 0.5) is 0 Å². The summed E-state index contributed by atoms with van der Waals surface area (Å²) >= 11 is 0. The molecule has 0 saturated carbocycles. The number of benzene rings is 3. The van der Waals surface area contributed by atoms with Gasteiger partial charge < -0.3 is 9.88 Å². The molecule has 3 aromatic carbocycles. The van der Waals surface area contributed by atoms with Crippen LogP contribution in [0.2, 0.25) is 0 Å². The molecule has 5 nitrogen and oxygen atoms in total. The van der Waals surface area contributed by atoms with Gasteiger partial charge in [0.15, 0.2) is 0 Å². The quantitative estimate of drug-likeness (QED) is 0.394. The number of hydrogen-bond acceptors (Lipinski definition) is 2. The number of carbonyl (C=O) groups excluding carboxylic acids is 1. The molecule has 0 aliphatic heterocycles. The fraction of sp³-hybridized carbons (Fsp3) is 0.143. The Bertz CT molecular complexity index is 1380. The summed E-state index contributed by atoms with van der Waals surface area (Å²) in [7, 11) is 2.01. The molecule has 5 rings (SSSR count). The van der Waals surface area contributed by atoms with E-state index in [1.165, 1.54) is 5.56 Å². The van der Waals surface area contributed by atoms with Crippen LogP contribution in [0.25, 0.3) is 22.0 Å². The maximum Gasteiger partial charge on any atom is 0.224 e. The summed E-state index contributed by atoms with van der Waals surface area (Å²) in [5.41, 5.74) is 6.76. The van der Waals surface area contributed by atoms with Crippen molar-refractivity contribution in [2.24, 2.45) is 7.05 Å². The van der Waals surface area contributed by atoms with Crippen molar-refractivity contribution in [3.63, 3.8) is 0 Å². The largest absolute Gasteiger partial charge is 0.352 e. The lowest BCUT2D eigenvalue weighted by atomic mass is 9.98. The van der Waals surface area contributed by atoms with Crippen LogP contribution in [-0.4, -0.2) is 20.3 Å². The molecule has 1 N–H and O–H groups in total. The first kappa shape index (κ1) is 20.8. The van der Waals surface area contributed by atoms with Crippen molar-refractivity contribution in [3.8, 4) is 11.1 Å². The molecule has 0 aliphatic carbocycles. The minimum Gasteiger partial charge on any atom is -0.352 e. The van der Waals surface area contributed by atoms with Crippen molar-refractivity contribution in [1.29, 1.82) is 0 Å². The number of aromatic nitrogens is 3. The van der Waals surface area contributed by atoms with Crippen LogP contribution in [-0.2, 0) is 31.4 Å². The lowest BCUT2D eigenvalue weighted by Gasteiger charge is -2.12. The summed E-state index contributed by atoms with van der Waals surface area (Å²) in [5, 5.41) is 8.51. The fourth-order valence-corrected chi connectivity index (χ4v) is 4.32. The number of aryl methyl sites for hydroxylation is 1. The molecule has 0 unspecified atom stereocenters. The monoisotopic (exact) mass is 434 g/mol. The number of nitrogens with zero attached hydrogens (tertiary/aromatic N) is 3. The van der Waals surface area contributed by atoms with Gasteiger partial charge in [-0.3, -0.25) is 9.48 Å². The second-order valence-corrected chi connectivity index (χ2v) is 8.29. The Kier molecular flexibility index (Phi) is 5.77. The highest BCUT2D eigenvalue weighted by atomic mass is 16.1. The third-order valence-electron chi connectivity index (χ3n) is 5.99. The molecule has 0 aliphatic rings. The van der Waals surface area contributed by atoms with Crippen LogP contribution in [0.3, 0.4) is 0 Å². The van der Waals surface area contributed by atoms with Crippen LogP contribution in [0.1, 0.15) is 16.7 Å². The van der Waals surface area contributed by atoms with E-state index in [-0.39, 0.29) is 5.91 Å². The molecular formula is C28H26N4O. The minimum absolute atomic E-state index is 0.0238. The molecule has 0 radical (unpaired) electrons. The van der Waals surface area contributed by atoms with E-state index in [2.05, 4.69) is 63.5 Å². The first-order valence-electron chi connectivity index (χ1n) is 11.1. The van der Waals surface area contributed by atoms with Gasteiger partial charge >= 0.3 is 0 Å². The minimum atomic E-state index is 0.0238. The normalized spacial score (nSPS) is 11.1. The standard InChI is InChI=1S/C28H26N4O/c1-31-20-24(26-9-4-5-10-27(26)31)17-28(33)29-18-23-7-2-3-8-25(23)22-13-11-21(12-14-22)19-32-16-6-15-30-32/h2-16,20H,17-19H2,1H3,(H,29,33). The lowest BCUT2D eigenvalue weighted by molar-refractivity contribution is -0.120. The van der Waals surface area contributed by atoms with E-state index in [1.54, 1.807) is 6.20 Å². The molecule has 5 aromatic rings. The Morgan fingerprint density at radius 1 is 0.909 bits per heavy atom. The zero-order chi connectivity index (χ0) is 22.6. The molecule has 1 amide bonds. The van der Waals surface area contributed by atoms with E-state index >= 15 is 0 Å². The molecule has 164 valence electrons. The van der Waals surface area contributed by atoms with E-state index in [4.69, 9.17) is 0 Å². The fourth-order valence-electron chi connectivity index (χ4n) is 4.32. The Hall–Kier alpha value is -4.12. The summed E-state index contributed by atoms with van der Waals surface area (Å²) in [4.78, 5) is 12.8. The molecule has 2 heterocycles. The second kappa shape index (κ2) is 9.17. The predicted octanol–water partition coefficient (Wildman–Crippen LogP) is 4.95. The second-order valence-electron chi connectivity index (χ2n) is 8.29.